The van der Waals surface area contributed by atoms with Gasteiger partial charge in [0.1, 0.15) is 11.3 Å². The molecule has 8 heteroatoms. The zero-order valence-corrected chi connectivity index (χ0v) is 15.6. The van der Waals surface area contributed by atoms with Gasteiger partial charge in [0, 0.05) is 6.54 Å². The smallest absolute Gasteiger partial charge is 0.263 e. The predicted molar refractivity (Wildman–Crippen MR) is 98.4 cm³/mol. The topological polar surface area (TPSA) is 51.8 Å². The van der Waals surface area contributed by atoms with Crippen molar-refractivity contribution in [2.45, 2.75) is 31.3 Å². The van der Waals surface area contributed by atoms with E-state index in [1.54, 1.807) is 0 Å². The van der Waals surface area contributed by atoms with Crippen molar-refractivity contribution in [3.05, 3.63) is 28.2 Å². The lowest BCUT2D eigenvalue weighted by molar-refractivity contribution is 0.0650. The van der Waals surface area contributed by atoms with Gasteiger partial charge in [0.15, 0.2) is 5.15 Å². The Morgan fingerprint density at radius 1 is 1.36 bits per heavy atom. The first-order chi connectivity index (χ1) is 12.1. The minimum atomic E-state index is -0.584. The number of ether oxygens (including phenoxy) is 2. The summed E-state index contributed by atoms with van der Waals surface area (Å²) in [5.74, 6) is 0.856. The summed E-state index contributed by atoms with van der Waals surface area (Å²) in [6, 6.07) is 2.30. The van der Waals surface area contributed by atoms with Crippen LogP contribution >= 0.6 is 23.1 Å². The second-order valence-electron chi connectivity index (χ2n) is 6.55. The van der Waals surface area contributed by atoms with E-state index in [2.05, 4.69) is 27.1 Å². The SMILES string of the molecule is [C-]#[N+]C1(c2cc(N3CCOC[C@H]3C)nc3c(Cl)nsc23)CCOCC1. The van der Waals surface area contributed by atoms with E-state index in [1.165, 1.54) is 11.5 Å². The molecule has 0 aliphatic carbocycles. The molecular weight excluding hydrogens is 360 g/mol. The van der Waals surface area contributed by atoms with Crippen LogP contribution in [-0.2, 0) is 15.0 Å². The number of anilines is 1. The van der Waals surface area contributed by atoms with Gasteiger partial charge in [-0.25, -0.2) is 11.6 Å². The maximum absolute atomic E-state index is 7.89. The van der Waals surface area contributed by atoms with Gasteiger partial charge in [-0.2, -0.15) is 4.37 Å². The van der Waals surface area contributed by atoms with E-state index in [0.717, 1.165) is 22.6 Å². The third-order valence-electron chi connectivity index (χ3n) is 5.07. The van der Waals surface area contributed by atoms with Gasteiger partial charge >= 0.3 is 0 Å². The molecule has 4 heterocycles. The summed E-state index contributed by atoms with van der Waals surface area (Å²) in [6.45, 7) is 13.3. The molecule has 2 saturated heterocycles. The Bertz CT molecular complexity index is 828. The number of hydrogen-bond acceptors (Lipinski definition) is 6. The van der Waals surface area contributed by atoms with Gasteiger partial charge < -0.3 is 19.2 Å². The summed E-state index contributed by atoms with van der Waals surface area (Å²) in [5.41, 5.74) is 1.11. The number of pyridine rings is 1. The lowest BCUT2D eigenvalue weighted by atomic mass is 9.83. The van der Waals surface area contributed by atoms with Crippen LogP contribution in [0.4, 0.5) is 5.82 Å². The van der Waals surface area contributed by atoms with Gasteiger partial charge in [-0.1, -0.05) is 11.6 Å². The van der Waals surface area contributed by atoms with Gasteiger partial charge in [-0.05, 0) is 24.5 Å². The van der Waals surface area contributed by atoms with Crippen LogP contribution in [0.1, 0.15) is 25.3 Å². The molecule has 2 aliphatic heterocycles. The van der Waals surface area contributed by atoms with Crippen molar-refractivity contribution in [1.82, 2.24) is 9.36 Å². The molecule has 1 atom stereocenters. The fourth-order valence-electron chi connectivity index (χ4n) is 3.59. The first kappa shape index (κ1) is 17.0. The number of nitrogens with zero attached hydrogens (tertiary/aromatic N) is 4. The Balaban J connectivity index is 1.89. The number of morpholine rings is 1. The maximum Gasteiger partial charge on any atom is 0.263 e. The maximum atomic E-state index is 7.89. The largest absolute Gasteiger partial charge is 0.381 e. The first-order valence-corrected chi connectivity index (χ1v) is 9.57. The van der Waals surface area contributed by atoms with Gasteiger partial charge in [0.2, 0.25) is 0 Å². The van der Waals surface area contributed by atoms with Crippen LogP contribution in [0.3, 0.4) is 0 Å². The molecule has 2 aliphatic rings. The molecule has 2 fully saturated rings. The van der Waals surface area contributed by atoms with Crippen molar-refractivity contribution in [2.24, 2.45) is 0 Å². The highest BCUT2D eigenvalue weighted by Gasteiger charge is 2.44. The molecule has 0 spiro atoms. The molecule has 0 aromatic carbocycles. The Morgan fingerprint density at radius 2 is 2.16 bits per heavy atom. The lowest BCUT2D eigenvalue weighted by Gasteiger charge is -2.35. The van der Waals surface area contributed by atoms with Crippen molar-refractivity contribution >= 4 is 39.2 Å². The first-order valence-electron chi connectivity index (χ1n) is 8.42. The highest BCUT2D eigenvalue weighted by molar-refractivity contribution is 7.14. The van der Waals surface area contributed by atoms with Crippen molar-refractivity contribution in [1.29, 1.82) is 0 Å². The van der Waals surface area contributed by atoms with Gasteiger partial charge in [0.05, 0.1) is 55.6 Å². The van der Waals surface area contributed by atoms with Crippen LogP contribution in [0.2, 0.25) is 5.15 Å². The summed E-state index contributed by atoms with van der Waals surface area (Å²) in [6.07, 6.45) is 1.37. The minimum Gasteiger partial charge on any atom is -0.381 e. The van der Waals surface area contributed by atoms with E-state index in [-0.39, 0.29) is 6.04 Å². The van der Waals surface area contributed by atoms with Crippen molar-refractivity contribution in [2.75, 3.05) is 37.9 Å². The number of rotatable bonds is 2. The molecule has 25 heavy (non-hydrogen) atoms. The van der Waals surface area contributed by atoms with Crippen molar-refractivity contribution in [3.63, 3.8) is 0 Å². The van der Waals surface area contributed by atoms with Gasteiger partial charge in [0.25, 0.3) is 5.54 Å². The normalized spacial score (nSPS) is 23.6. The zero-order chi connectivity index (χ0) is 17.4. The number of halogens is 1. The van der Waals surface area contributed by atoms with Crippen LogP contribution in [0.25, 0.3) is 15.1 Å². The standard InChI is InChI=1S/C17H19ClN4O2S/c1-11-10-24-8-5-22(11)13-9-12(15-14(20-13)16(18)21-25-15)17(19-2)3-6-23-7-4-17/h9,11H,3-8,10H2,1H3/t11-/m1/s1. The summed E-state index contributed by atoms with van der Waals surface area (Å²) < 4.78 is 16.3. The number of aromatic nitrogens is 2. The van der Waals surface area contributed by atoms with Crippen LogP contribution in [0.5, 0.6) is 0 Å². The number of hydrogen-bond donors (Lipinski definition) is 0. The van der Waals surface area contributed by atoms with Gasteiger partial charge in [-0.3, -0.25) is 0 Å². The average molecular weight is 379 g/mol. The molecule has 0 radical (unpaired) electrons. The Kier molecular flexibility index (Phi) is 4.54. The lowest BCUT2D eigenvalue weighted by Crippen LogP contribution is -2.44. The fraction of sp³-hybridized carbons (Fsp3) is 0.588. The molecule has 0 bridgehead atoms. The van der Waals surface area contributed by atoms with Crippen LogP contribution < -0.4 is 4.90 Å². The highest BCUT2D eigenvalue weighted by Crippen LogP contribution is 2.43. The molecule has 4 rings (SSSR count). The van der Waals surface area contributed by atoms with Crippen LogP contribution in [-0.4, -0.2) is 48.4 Å². The fourth-order valence-corrected chi connectivity index (χ4v) is 4.72. The predicted octanol–water partition coefficient (Wildman–Crippen LogP) is 3.49. The molecule has 0 unspecified atom stereocenters. The Labute approximate surface area is 155 Å². The second kappa shape index (κ2) is 6.69. The third kappa shape index (κ3) is 2.87. The number of fused-ring (bicyclic) bond motifs is 1. The molecule has 0 saturated carbocycles. The highest BCUT2D eigenvalue weighted by atomic mass is 35.5. The Morgan fingerprint density at radius 3 is 2.88 bits per heavy atom. The van der Waals surface area contributed by atoms with E-state index in [1.807, 2.05) is 0 Å². The van der Waals surface area contributed by atoms with E-state index < -0.39 is 5.54 Å². The second-order valence-corrected chi connectivity index (χ2v) is 7.68. The third-order valence-corrected chi connectivity index (χ3v) is 6.30. The Hall–Kier alpha value is -1.46. The molecule has 132 valence electrons. The molecular formula is C17H19ClN4O2S. The summed E-state index contributed by atoms with van der Waals surface area (Å²) in [5, 5.41) is 0.413. The van der Waals surface area contributed by atoms with E-state index in [9.17, 15) is 0 Å². The van der Waals surface area contributed by atoms with Gasteiger partial charge in [-0.15, -0.1) is 0 Å². The quantitative estimate of drug-likeness (QED) is 0.749. The zero-order valence-electron chi connectivity index (χ0n) is 14.0. The van der Waals surface area contributed by atoms with Crippen LogP contribution in [0.15, 0.2) is 6.07 Å². The van der Waals surface area contributed by atoms with Crippen LogP contribution in [0, 0.1) is 6.57 Å². The monoisotopic (exact) mass is 378 g/mol. The van der Waals surface area contributed by atoms with E-state index >= 15 is 0 Å². The van der Waals surface area contributed by atoms with E-state index in [4.69, 9.17) is 32.6 Å². The minimum absolute atomic E-state index is 0.232. The molecule has 2 aromatic rings. The molecule has 0 N–H and O–H groups in total. The summed E-state index contributed by atoms with van der Waals surface area (Å²) in [4.78, 5) is 11.1. The summed E-state index contributed by atoms with van der Waals surface area (Å²) in [7, 11) is 0. The van der Waals surface area contributed by atoms with Crippen molar-refractivity contribution < 1.29 is 9.47 Å². The molecule has 6 nitrogen and oxygen atoms in total. The van der Waals surface area contributed by atoms with E-state index in [0.29, 0.717) is 49.9 Å². The molecule has 2 aromatic heterocycles. The van der Waals surface area contributed by atoms with Crippen molar-refractivity contribution in [3.8, 4) is 0 Å². The molecule has 0 amide bonds. The summed E-state index contributed by atoms with van der Waals surface area (Å²) >= 11 is 7.64. The average Bonchev–Trinajstić information content (AvgIpc) is 3.03.